The van der Waals surface area contributed by atoms with Gasteiger partial charge in [-0.3, -0.25) is 53.4 Å². The fraction of sp³-hybridized carbons (Fsp3) is 0.581. The highest BCUT2D eigenvalue weighted by atomic mass is 16.6. The molecule has 0 aliphatic carbocycles. The van der Waals surface area contributed by atoms with Crippen molar-refractivity contribution in [1.29, 1.82) is 0 Å². The summed E-state index contributed by atoms with van der Waals surface area (Å²) in [5.74, 6) is 0.613. The first-order valence-corrected chi connectivity index (χ1v) is 45.5. The van der Waals surface area contributed by atoms with Crippen LogP contribution in [0.3, 0.4) is 0 Å². The molecule has 6 aliphatic rings. The van der Waals surface area contributed by atoms with Crippen molar-refractivity contribution < 1.29 is 57.2 Å². The van der Waals surface area contributed by atoms with Gasteiger partial charge >= 0.3 is 35.8 Å². The maximum absolute atomic E-state index is 12.8. The molecule has 8 aromatic rings. The second-order valence-corrected chi connectivity index (χ2v) is 44.1. The van der Waals surface area contributed by atoms with Crippen molar-refractivity contribution >= 4 is 57.4 Å². The highest BCUT2D eigenvalue weighted by Crippen LogP contribution is 2.48. The molecule has 3 N–H and O–H groups in total. The summed E-state index contributed by atoms with van der Waals surface area (Å²) in [6, 6.07) is 32.0. The van der Waals surface area contributed by atoms with E-state index in [-0.39, 0.29) is 164 Å². The standard InChI is InChI=1S/C21H27NO2.C20H25NO2.C17H26N2O2.C16H25N3O2.C16H24N2O2.C15H23N3O2/c1-14-7-8-16-12-17(10-9-15(16)11-14)24-19(23)18-13-20(2,3)22(6)21(18,4)5;1-13-6-7-15-11-16(9-8-14(15)10-13)23-18(22)17-12-19(2,3)21-20(17,4)5;1-12-7-8-13(18-10-12)11-21-15(20)14-9-16(2,3)19(6)17(14,4)5;1-11-8-17-13(18-9-11)10-21-14(20)12-7-15(2,3)19(6)16(12,4)5;1-11-6-7-12(17-9-11)10-20-14(19)13-8-15(2,3)18-16(13,4)5;1-10-7-16-12(17-8-10)9-20-13(19)11-6-14(2,3)18-15(11,4)5/h7-12,18H,13H2,1-6H3;6-11,17,21H,12H2,1-5H3;7-8,10,14H,9,11H2,1-6H3;8-9,12H,7,10H2,1-6H3;6-7,9,13,18H,8,10H2,1-5H3;7-8,11,18H,6,9H2,1-5H3. The van der Waals surface area contributed by atoms with Gasteiger partial charge in [0, 0.05) is 104 Å². The quantitative estimate of drug-likeness (QED) is 0.0460. The van der Waals surface area contributed by atoms with Crippen molar-refractivity contribution in [2.45, 2.75) is 339 Å². The van der Waals surface area contributed by atoms with Crippen LogP contribution in [0.15, 0.2) is 134 Å². The van der Waals surface area contributed by atoms with E-state index in [4.69, 9.17) is 28.4 Å². The van der Waals surface area contributed by atoms with Crippen molar-refractivity contribution in [3.8, 4) is 11.5 Å². The summed E-state index contributed by atoms with van der Waals surface area (Å²) in [5.41, 5.74) is 6.71. The molecule has 10 heterocycles. The third kappa shape index (κ3) is 26.4. The molecule has 0 radical (unpaired) electrons. The molecule has 4 aromatic carbocycles. The van der Waals surface area contributed by atoms with Crippen LogP contribution in [0.5, 0.6) is 11.5 Å². The van der Waals surface area contributed by atoms with Gasteiger partial charge in [0.05, 0.1) is 46.9 Å². The Morgan fingerprint density at radius 2 is 0.543 bits per heavy atom. The number of aryl methyl sites for hydroxylation is 6. The second kappa shape index (κ2) is 39.9. The highest BCUT2D eigenvalue weighted by Gasteiger charge is 2.57. The summed E-state index contributed by atoms with van der Waals surface area (Å²) < 4.78 is 33.2. The topological polar surface area (TPSA) is 281 Å². The number of rotatable bonds is 16. The molecule has 6 fully saturated rings. The number of benzene rings is 4. The molecule has 6 unspecified atom stereocenters. The zero-order chi connectivity index (χ0) is 96.1. The minimum atomic E-state index is -0.255. The lowest BCUT2D eigenvalue weighted by molar-refractivity contribution is -0.153. The van der Waals surface area contributed by atoms with Gasteiger partial charge in [0.1, 0.15) is 24.7 Å². The van der Waals surface area contributed by atoms with Gasteiger partial charge in [-0.25, -0.2) is 19.9 Å². The van der Waals surface area contributed by atoms with E-state index in [0.717, 1.165) is 93.7 Å². The van der Waals surface area contributed by atoms with Gasteiger partial charge < -0.3 is 44.4 Å². The monoisotopic (exact) mass is 1770 g/mol. The number of nitrogens with zero attached hydrogens (tertiary/aromatic N) is 9. The molecule has 4 aromatic heterocycles. The number of esters is 6. The fourth-order valence-corrected chi connectivity index (χ4v) is 19.6. The van der Waals surface area contributed by atoms with Crippen molar-refractivity contribution in [3.63, 3.8) is 0 Å². The maximum atomic E-state index is 12.8. The smallest absolute Gasteiger partial charge is 0.316 e. The Morgan fingerprint density at radius 1 is 0.295 bits per heavy atom. The van der Waals surface area contributed by atoms with Crippen molar-refractivity contribution in [2.24, 2.45) is 35.5 Å². The van der Waals surface area contributed by atoms with Crippen LogP contribution in [0, 0.1) is 77.0 Å². The van der Waals surface area contributed by atoms with E-state index in [1.165, 1.54) is 11.1 Å². The van der Waals surface area contributed by atoms with Crippen molar-refractivity contribution in [1.82, 2.24) is 60.6 Å². The Kier molecular flexibility index (Phi) is 31.9. The zero-order valence-electron chi connectivity index (χ0n) is 83.7. The molecule has 6 atom stereocenters. The van der Waals surface area contributed by atoms with E-state index in [2.05, 4.69) is 284 Å². The molecule has 6 saturated heterocycles. The number of hydrogen-bond acceptors (Lipinski definition) is 24. The molecule has 702 valence electrons. The average molecular weight is 1770 g/mol. The summed E-state index contributed by atoms with van der Waals surface area (Å²) in [6.45, 7) is 63.4. The van der Waals surface area contributed by atoms with Gasteiger partial charge in [-0.05, 0) is 348 Å². The fourth-order valence-electron chi connectivity index (χ4n) is 19.6. The summed E-state index contributed by atoms with van der Waals surface area (Å²) >= 11 is 0. The molecular weight excluding hydrogens is 1620 g/mol. The van der Waals surface area contributed by atoms with Crippen molar-refractivity contribution in [2.75, 3.05) is 21.1 Å². The average Bonchev–Trinajstić information content (AvgIpc) is 1.57. The number of likely N-dealkylation sites (tertiary alicyclic amines) is 3. The summed E-state index contributed by atoms with van der Waals surface area (Å²) in [5, 5.41) is 15.0. The first kappa shape index (κ1) is 103. The molecular formula is C105H150N12O12. The predicted octanol–water partition coefficient (Wildman–Crippen LogP) is 18.7. The van der Waals surface area contributed by atoms with E-state index in [0.29, 0.717) is 23.1 Å². The molecule has 0 bridgehead atoms. The number of ether oxygens (including phenoxy) is 6. The van der Waals surface area contributed by atoms with Gasteiger partial charge in [0.15, 0.2) is 24.9 Å². The molecule has 129 heavy (non-hydrogen) atoms. The first-order chi connectivity index (χ1) is 59.4. The van der Waals surface area contributed by atoms with E-state index in [1.54, 1.807) is 37.2 Å². The second-order valence-electron chi connectivity index (χ2n) is 44.1. The van der Waals surface area contributed by atoms with Crippen LogP contribution in [-0.4, -0.2) is 168 Å². The summed E-state index contributed by atoms with van der Waals surface area (Å²) in [4.78, 5) is 107. The third-order valence-corrected chi connectivity index (χ3v) is 27.8. The van der Waals surface area contributed by atoms with Crippen LogP contribution in [0.1, 0.15) is 261 Å². The van der Waals surface area contributed by atoms with E-state index in [9.17, 15) is 28.8 Å². The van der Waals surface area contributed by atoms with Gasteiger partial charge in [0.25, 0.3) is 0 Å². The maximum Gasteiger partial charge on any atom is 0.316 e. The molecule has 24 nitrogen and oxygen atoms in total. The minimum absolute atomic E-state index is 0.00585. The van der Waals surface area contributed by atoms with Crippen LogP contribution in [0.4, 0.5) is 0 Å². The number of aromatic nitrogens is 6. The summed E-state index contributed by atoms with van der Waals surface area (Å²) in [6.07, 6.45) is 15.2. The van der Waals surface area contributed by atoms with Crippen LogP contribution in [0.2, 0.25) is 0 Å². The SMILES string of the molecule is Cc1ccc(COC(=O)C2CC(C)(C)N(C)C2(C)C)nc1.Cc1ccc(COC(=O)C2CC(C)(C)NC2(C)C)nc1.Cc1ccc2cc(OC(=O)C3CC(C)(C)N(C)C3(C)C)ccc2c1.Cc1ccc2cc(OC(=O)C3CC(C)(C)NC3(C)C)ccc2c1.Cc1cnc(COC(=O)C2CC(C)(C)N(C)C2(C)C)nc1.Cc1cnc(COC(=O)C2CC(C)(C)NC2(C)C)nc1. The molecule has 0 amide bonds. The van der Waals surface area contributed by atoms with Crippen LogP contribution in [0.25, 0.3) is 21.5 Å². The van der Waals surface area contributed by atoms with Crippen LogP contribution in [-0.2, 0) is 74.1 Å². The number of nitrogens with one attached hydrogen (secondary N) is 3. The lowest BCUT2D eigenvalue weighted by Crippen LogP contribution is -2.48. The largest absolute Gasteiger partial charge is 0.459 e. The number of carbonyl (C=O) groups excluding carboxylic acids is 6. The predicted molar refractivity (Wildman–Crippen MR) is 510 cm³/mol. The lowest BCUT2D eigenvalue weighted by Gasteiger charge is -2.37. The number of pyridine rings is 2. The molecule has 0 spiro atoms. The van der Waals surface area contributed by atoms with E-state index in [1.807, 2.05) is 102 Å². The minimum Gasteiger partial charge on any atom is -0.459 e. The van der Waals surface area contributed by atoms with Crippen LogP contribution < -0.4 is 25.4 Å². The number of hydrogen-bond donors (Lipinski definition) is 3. The summed E-state index contributed by atoms with van der Waals surface area (Å²) in [7, 11) is 6.23. The third-order valence-electron chi connectivity index (χ3n) is 27.8. The van der Waals surface area contributed by atoms with Gasteiger partial charge in [-0.15, -0.1) is 0 Å². The molecule has 24 heteroatoms. The van der Waals surface area contributed by atoms with E-state index < -0.39 is 0 Å². The Morgan fingerprint density at radius 3 is 0.814 bits per heavy atom. The normalized spacial score (nSPS) is 23.3. The Labute approximate surface area is 768 Å². The van der Waals surface area contributed by atoms with Gasteiger partial charge in [-0.2, -0.15) is 0 Å². The number of carbonyl (C=O) groups is 6. The Balaban J connectivity index is 0.000000175. The zero-order valence-corrected chi connectivity index (χ0v) is 83.7. The Hall–Kier alpha value is -9.56. The lowest BCUT2D eigenvalue weighted by atomic mass is 9.87. The number of fused-ring (bicyclic) bond motifs is 2. The molecule has 6 aliphatic heterocycles. The highest BCUT2D eigenvalue weighted by molar-refractivity contribution is 5.87. The molecule has 0 saturated carbocycles. The van der Waals surface area contributed by atoms with Crippen molar-refractivity contribution in [3.05, 3.63) is 191 Å². The van der Waals surface area contributed by atoms with Gasteiger partial charge in [0.2, 0.25) is 0 Å². The van der Waals surface area contributed by atoms with Gasteiger partial charge in [-0.1, -0.05) is 71.8 Å². The molecule has 14 rings (SSSR count). The Bertz CT molecular complexity index is 5060. The first-order valence-electron chi connectivity index (χ1n) is 45.5. The van der Waals surface area contributed by atoms with Crippen LogP contribution >= 0.6 is 0 Å². The van der Waals surface area contributed by atoms with E-state index >= 15 is 0 Å².